The van der Waals surface area contributed by atoms with E-state index in [2.05, 4.69) is 56.6 Å². The Hall–Kier alpha value is -1.02. The molecule has 3 rings (SSSR count). The molecule has 1 atom stereocenters. The number of rotatable bonds is 6. The van der Waals surface area contributed by atoms with Gasteiger partial charge in [-0.3, -0.25) is 4.99 Å². The van der Waals surface area contributed by atoms with E-state index < -0.39 is 0 Å². The second-order valence-corrected chi connectivity index (χ2v) is 7.31. The van der Waals surface area contributed by atoms with Crippen LogP contribution >= 0.6 is 24.0 Å². The zero-order valence-corrected chi connectivity index (χ0v) is 18.5. The first-order chi connectivity index (χ1) is 12.2. The van der Waals surface area contributed by atoms with Crippen molar-refractivity contribution < 1.29 is 0 Å². The fourth-order valence-electron chi connectivity index (χ4n) is 3.77. The van der Waals surface area contributed by atoms with Gasteiger partial charge in [-0.25, -0.2) is 0 Å². The highest BCUT2D eigenvalue weighted by Gasteiger charge is 2.23. The molecule has 1 aromatic carbocycles. The summed E-state index contributed by atoms with van der Waals surface area (Å²) in [5, 5.41) is 7.06. The molecule has 0 radical (unpaired) electrons. The predicted octanol–water partition coefficient (Wildman–Crippen LogP) is 2.84. The summed E-state index contributed by atoms with van der Waals surface area (Å²) in [6.45, 7) is 9.04. The van der Waals surface area contributed by atoms with Gasteiger partial charge >= 0.3 is 0 Å². The number of aryl methyl sites for hydroxylation is 1. The largest absolute Gasteiger partial charge is 0.369 e. The van der Waals surface area contributed by atoms with E-state index in [0.717, 1.165) is 32.0 Å². The predicted molar refractivity (Wildman–Crippen MR) is 122 cm³/mol. The maximum Gasteiger partial charge on any atom is 0.191 e. The number of nitrogens with one attached hydrogen (secondary N) is 2. The molecule has 146 valence electrons. The van der Waals surface area contributed by atoms with Gasteiger partial charge in [0, 0.05) is 38.4 Å². The third-order valence-corrected chi connectivity index (χ3v) is 5.29. The number of benzene rings is 1. The molecule has 0 amide bonds. The number of halogens is 1. The number of guanidine groups is 1. The summed E-state index contributed by atoms with van der Waals surface area (Å²) in [6, 6.07) is 9.30. The lowest BCUT2D eigenvalue weighted by Crippen LogP contribution is -2.45. The maximum atomic E-state index is 4.39. The van der Waals surface area contributed by atoms with Crippen LogP contribution in [0.2, 0.25) is 0 Å². The fraction of sp³-hybridized carbons (Fsp3) is 0.650. The Morgan fingerprint density at radius 1 is 1.15 bits per heavy atom. The Kier molecular flexibility index (Phi) is 8.98. The van der Waals surface area contributed by atoms with E-state index in [4.69, 9.17) is 0 Å². The van der Waals surface area contributed by atoms with E-state index in [9.17, 15) is 0 Å². The number of anilines is 1. The highest BCUT2D eigenvalue weighted by molar-refractivity contribution is 14.0. The van der Waals surface area contributed by atoms with E-state index in [-0.39, 0.29) is 24.0 Å². The topological polar surface area (TPSA) is 42.9 Å². The molecule has 0 aromatic heterocycles. The van der Waals surface area contributed by atoms with Crippen molar-refractivity contribution in [1.82, 2.24) is 15.5 Å². The molecule has 2 fully saturated rings. The third kappa shape index (κ3) is 6.30. The minimum absolute atomic E-state index is 0. The van der Waals surface area contributed by atoms with Crippen LogP contribution in [0.25, 0.3) is 0 Å². The lowest BCUT2D eigenvalue weighted by Gasteiger charge is -2.21. The molecule has 2 aliphatic rings. The van der Waals surface area contributed by atoms with E-state index in [1.54, 1.807) is 0 Å². The van der Waals surface area contributed by atoms with Crippen LogP contribution in [0.4, 0.5) is 5.69 Å². The number of hydrogen-bond acceptors (Lipinski definition) is 3. The highest BCUT2D eigenvalue weighted by Crippen LogP contribution is 2.20. The van der Waals surface area contributed by atoms with E-state index >= 15 is 0 Å². The van der Waals surface area contributed by atoms with Crippen molar-refractivity contribution in [2.24, 2.45) is 4.99 Å². The van der Waals surface area contributed by atoms with Gasteiger partial charge < -0.3 is 20.4 Å². The highest BCUT2D eigenvalue weighted by atomic mass is 127. The molecule has 2 aliphatic heterocycles. The molecular weight excluding hydrogens is 437 g/mol. The van der Waals surface area contributed by atoms with Crippen LogP contribution in [-0.4, -0.2) is 63.2 Å². The molecule has 0 bridgehead atoms. The van der Waals surface area contributed by atoms with Crippen LogP contribution in [0.15, 0.2) is 29.3 Å². The van der Waals surface area contributed by atoms with Crippen molar-refractivity contribution in [1.29, 1.82) is 0 Å². The Morgan fingerprint density at radius 2 is 1.88 bits per heavy atom. The van der Waals surface area contributed by atoms with Gasteiger partial charge in [-0.15, -0.1) is 24.0 Å². The van der Waals surface area contributed by atoms with Crippen LogP contribution in [0.3, 0.4) is 0 Å². The Bertz CT molecular complexity index is 554. The summed E-state index contributed by atoms with van der Waals surface area (Å²) in [5.74, 6) is 0.942. The van der Waals surface area contributed by atoms with Crippen molar-refractivity contribution in [2.75, 3.05) is 51.2 Å². The quantitative estimate of drug-likeness (QED) is 0.290. The summed E-state index contributed by atoms with van der Waals surface area (Å²) < 4.78 is 0. The van der Waals surface area contributed by atoms with Gasteiger partial charge in [0.25, 0.3) is 0 Å². The molecule has 2 heterocycles. The maximum absolute atomic E-state index is 4.39. The van der Waals surface area contributed by atoms with Crippen molar-refractivity contribution >= 4 is 35.6 Å². The number of likely N-dealkylation sites (tertiary alicyclic amines) is 1. The lowest BCUT2D eigenvalue weighted by molar-refractivity contribution is 0.334. The molecule has 5 nitrogen and oxygen atoms in total. The number of hydrogen-bond donors (Lipinski definition) is 2. The molecule has 6 heteroatoms. The first kappa shape index (κ1) is 21.3. The second-order valence-electron chi connectivity index (χ2n) is 7.31. The Morgan fingerprint density at radius 3 is 2.58 bits per heavy atom. The average Bonchev–Trinajstić information content (AvgIpc) is 3.30. The molecule has 0 spiro atoms. The monoisotopic (exact) mass is 471 g/mol. The molecule has 1 unspecified atom stereocenters. The van der Waals surface area contributed by atoms with Crippen molar-refractivity contribution in [2.45, 2.75) is 38.6 Å². The summed E-state index contributed by atoms with van der Waals surface area (Å²) in [6.07, 6.45) is 5.08. The van der Waals surface area contributed by atoms with E-state index in [1.807, 2.05) is 7.05 Å². The summed E-state index contributed by atoms with van der Waals surface area (Å²) >= 11 is 0. The van der Waals surface area contributed by atoms with Crippen molar-refractivity contribution in [3.63, 3.8) is 0 Å². The van der Waals surface area contributed by atoms with Crippen LogP contribution in [0, 0.1) is 6.92 Å². The van der Waals surface area contributed by atoms with Gasteiger partial charge in [-0.1, -0.05) is 17.7 Å². The molecule has 2 N–H and O–H groups in total. The minimum atomic E-state index is 0. The van der Waals surface area contributed by atoms with Crippen LogP contribution in [0.5, 0.6) is 0 Å². The molecule has 26 heavy (non-hydrogen) atoms. The van der Waals surface area contributed by atoms with Crippen LogP contribution in [-0.2, 0) is 0 Å². The molecule has 2 saturated heterocycles. The van der Waals surface area contributed by atoms with Gasteiger partial charge in [0.15, 0.2) is 5.96 Å². The van der Waals surface area contributed by atoms with E-state index in [1.165, 1.54) is 50.1 Å². The first-order valence-electron chi connectivity index (χ1n) is 9.76. The van der Waals surface area contributed by atoms with Crippen LogP contribution < -0.4 is 15.5 Å². The summed E-state index contributed by atoms with van der Waals surface area (Å²) in [7, 11) is 1.86. The molecule has 1 aromatic rings. The number of nitrogens with zero attached hydrogens (tertiary/aromatic N) is 3. The Labute approximate surface area is 175 Å². The van der Waals surface area contributed by atoms with Crippen molar-refractivity contribution in [3.05, 3.63) is 29.8 Å². The SMILES string of the molecule is CN=C(NCCCN1CCCC1)NC1CCN(c2ccc(C)cc2)C1.I. The Balaban J connectivity index is 0.00000243. The molecular formula is C20H34IN5. The van der Waals surface area contributed by atoms with Gasteiger partial charge in [-0.05, 0) is 64.4 Å². The second kappa shape index (κ2) is 11.0. The average molecular weight is 471 g/mol. The zero-order chi connectivity index (χ0) is 17.5. The zero-order valence-electron chi connectivity index (χ0n) is 16.2. The summed E-state index contributed by atoms with van der Waals surface area (Å²) in [4.78, 5) is 9.41. The van der Waals surface area contributed by atoms with E-state index in [0.29, 0.717) is 6.04 Å². The third-order valence-electron chi connectivity index (χ3n) is 5.29. The molecule has 0 aliphatic carbocycles. The van der Waals surface area contributed by atoms with Gasteiger partial charge in [0.2, 0.25) is 0 Å². The molecule has 0 saturated carbocycles. The smallest absolute Gasteiger partial charge is 0.191 e. The standard InChI is InChI=1S/C20H33N5.HI/c1-17-6-8-19(9-7-17)25-15-10-18(16-25)23-20(21-2)22-11-5-14-24-12-3-4-13-24;/h6-9,18H,3-5,10-16H2,1-2H3,(H2,21,22,23);1H. The van der Waals surface area contributed by atoms with Gasteiger partial charge in [0.05, 0.1) is 0 Å². The van der Waals surface area contributed by atoms with Gasteiger partial charge in [0.1, 0.15) is 0 Å². The number of aliphatic imine (C=N–C) groups is 1. The summed E-state index contributed by atoms with van der Waals surface area (Å²) in [5.41, 5.74) is 2.64. The van der Waals surface area contributed by atoms with Crippen LogP contribution in [0.1, 0.15) is 31.2 Å². The lowest BCUT2D eigenvalue weighted by atomic mass is 10.2. The minimum Gasteiger partial charge on any atom is -0.369 e. The first-order valence-corrected chi connectivity index (χ1v) is 9.76. The fourth-order valence-corrected chi connectivity index (χ4v) is 3.77. The van der Waals surface area contributed by atoms with Gasteiger partial charge in [-0.2, -0.15) is 0 Å². The normalized spacial score (nSPS) is 20.9. The van der Waals surface area contributed by atoms with Crippen molar-refractivity contribution in [3.8, 4) is 0 Å².